The molecule has 0 bridgehead atoms. The second-order valence-electron chi connectivity index (χ2n) is 6.64. The molecule has 2 N–H and O–H groups in total. The Balaban J connectivity index is 2.55. The number of aliphatic imine (C=N–C) groups is 1. The predicted molar refractivity (Wildman–Crippen MR) is 98.3 cm³/mol. The average molecular weight is 342 g/mol. The fourth-order valence-electron chi connectivity index (χ4n) is 2.70. The molecule has 1 amide bonds. The number of hydrogen-bond acceptors (Lipinski definition) is 4. The van der Waals surface area contributed by atoms with Crippen LogP contribution in [-0.4, -0.2) is 87.7 Å². The lowest BCUT2D eigenvalue weighted by atomic mass is 10.0. The summed E-state index contributed by atoms with van der Waals surface area (Å²) in [5, 5.41) is 6.51. The topological polar surface area (TPSA) is 69.2 Å². The Morgan fingerprint density at radius 1 is 1.25 bits per heavy atom. The molecule has 7 nitrogen and oxygen atoms in total. The van der Waals surface area contributed by atoms with Gasteiger partial charge in [0, 0.05) is 52.7 Å². The molecule has 1 saturated heterocycles. The molecule has 0 saturated carbocycles. The third-order valence-corrected chi connectivity index (χ3v) is 4.20. The number of ether oxygens (including phenoxy) is 1. The van der Waals surface area contributed by atoms with Crippen LogP contribution in [0.15, 0.2) is 4.99 Å². The van der Waals surface area contributed by atoms with Crippen LogP contribution < -0.4 is 10.6 Å². The number of morpholine rings is 1. The molecule has 1 aliphatic rings. The van der Waals surface area contributed by atoms with Crippen LogP contribution in [-0.2, 0) is 9.53 Å². The van der Waals surface area contributed by atoms with Crippen molar-refractivity contribution in [3.63, 3.8) is 0 Å². The first-order chi connectivity index (χ1) is 11.5. The van der Waals surface area contributed by atoms with Crippen molar-refractivity contribution in [2.24, 2.45) is 10.9 Å². The Labute approximate surface area is 146 Å². The molecule has 1 heterocycles. The van der Waals surface area contributed by atoms with Crippen molar-refractivity contribution in [1.82, 2.24) is 20.4 Å². The number of carbonyl (C=O) groups excluding carboxylic acids is 1. The normalized spacial score (nSPS) is 17.7. The summed E-state index contributed by atoms with van der Waals surface area (Å²) in [6.07, 6.45) is 0.467. The first-order valence-corrected chi connectivity index (χ1v) is 8.99. The highest BCUT2D eigenvalue weighted by atomic mass is 16.5. The molecule has 1 atom stereocenters. The Morgan fingerprint density at radius 3 is 2.46 bits per heavy atom. The summed E-state index contributed by atoms with van der Waals surface area (Å²) in [6.45, 7) is 12.2. The SMILES string of the molecule is CCNC(=NCC(C(C)C)N1CCOCC1)NCCC(=O)N(C)C. The maximum absolute atomic E-state index is 11.7. The number of nitrogens with one attached hydrogen (secondary N) is 2. The van der Waals surface area contributed by atoms with Crippen LogP contribution >= 0.6 is 0 Å². The molecule has 0 aromatic carbocycles. The van der Waals surface area contributed by atoms with Crippen molar-refractivity contribution in [1.29, 1.82) is 0 Å². The highest BCUT2D eigenvalue weighted by Gasteiger charge is 2.23. The van der Waals surface area contributed by atoms with Gasteiger partial charge in [0.25, 0.3) is 0 Å². The standard InChI is InChI=1S/C17H35N5O2/c1-6-18-17(19-8-7-16(23)21(4)5)20-13-15(14(2)3)22-9-11-24-12-10-22/h14-15H,6-13H2,1-5H3,(H2,18,19,20). The van der Waals surface area contributed by atoms with Gasteiger partial charge < -0.3 is 20.3 Å². The van der Waals surface area contributed by atoms with Gasteiger partial charge in [0.1, 0.15) is 0 Å². The van der Waals surface area contributed by atoms with Gasteiger partial charge in [-0.05, 0) is 12.8 Å². The maximum atomic E-state index is 11.7. The van der Waals surface area contributed by atoms with E-state index in [-0.39, 0.29) is 5.91 Å². The van der Waals surface area contributed by atoms with Crippen LogP contribution in [0.3, 0.4) is 0 Å². The molecule has 140 valence electrons. The van der Waals surface area contributed by atoms with Crippen molar-refractivity contribution < 1.29 is 9.53 Å². The Hall–Kier alpha value is -1.34. The van der Waals surface area contributed by atoms with Crippen LogP contribution in [0, 0.1) is 5.92 Å². The van der Waals surface area contributed by atoms with Gasteiger partial charge in [-0.15, -0.1) is 0 Å². The lowest BCUT2D eigenvalue weighted by Gasteiger charge is -2.36. The molecule has 1 unspecified atom stereocenters. The van der Waals surface area contributed by atoms with E-state index in [0.29, 0.717) is 24.9 Å². The minimum absolute atomic E-state index is 0.117. The maximum Gasteiger partial charge on any atom is 0.223 e. The zero-order chi connectivity index (χ0) is 17.9. The Kier molecular flexibility index (Phi) is 9.71. The van der Waals surface area contributed by atoms with E-state index >= 15 is 0 Å². The highest BCUT2D eigenvalue weighted by Crippen LogP contribution is 2.13. The molecule has 0 aromatic heterocycles. The second kappa shape index (κ2) is 11.3. The summed E-state index contributed by atoms with van der Waals surface area (Å²) in [5.74, 6) is 1.43. The molecule has 1 fully saturated rings. The van der Waals surface area contributed by atoms with Crippen molar-refractivity contribution in [3.05, 3.63) is 0 Å². The van der Waals surface area contributed by atoms with Gasteiger partial charge in [0.05, 0.1) is 19.8 Å². The van der Waals surface area contributed by atoms with Gasteiger partial charge in [-0.1, -0.05) is 13.8 Å². The average Bonchev–Trinajstić information content (AvgIpc) is 2.55. The van der Waals surface area contributed by atoms with Gasteiger partial charge in [-0.2, -0.15) is 0 Å². The van der Waals surface area contributed by atoms with E-state index in [1.54, 1.807) is 19.0 Å². The van der Waals surface area contributed by atoms with E-state index in [0.717, 1.165) is 45.4 Å². The van der Waals surface area contributed by atoms with E-state index in [2.05, 4.69) is 29.4 Å². The zero-order valence-electron chi connectivity index (χ0n) is 16.0. The number of carbonyl (C=O) groups is 1. The van der Waals surface area contributed by atoms with Crippen LogP contribution in [0.4, 0.5) is 0 Å². The monoisotopic (exact) mass is 341 g/mol. The molecule has 0 aliphatic carbocycles. The molecule has 0 spiro atoms. The number of nitrogens with zero attached hydrogens (tertiary/aromatic N) is 3. The number of rotatable bonds is 8. The smallest absolute Gasteiger partial charge is 0.223 e. The quantitative estimate of drug-likeness (QED) is 0.493. The molecular formula is C17H35N5O2. The molecule has 24 heavy (non-hydrogen) atoms. The minimum atomic E-state index is 0.117. The minimum Gasteiger partial charge on any atom is -0.379 e. The van der Waals surface area contributed by atoms with E-state index in [4.69, 9.17) is 9.73 Å². The van der Waals surface area contributed by atoms with E-state index in [9.17, 15) is 4.79 Å². The van der Waals surface area contributed by atoms with Gasteiger partial charge in [0.2, 0.25) is 5.91 Å². The fourth-order valence-corrected chi connectivity index (χ4v) is 2.70. The van der Waals surface area contributed by atoms with E-state index in [1.807, 2.05) is 6.92 Å². The number of guanidine groups is 1. The van der Waals surface area contributed by atoms with Crippen molar-refractivity contribution in [3.8, 4) is 0 Å². The Bertz CT molecular complexity index is 392. The summed E-state index contributed by atoms with van der Waals surface area (Å²) in [6, 6.07) is 0.410. The predicted octanol–water partition coefficient (Wildman–Crippen LogP) is 0.377. The molecule has 0 aromatic rings. The molecular weight excluding hydrogens is 306 g/mol. The first kappa shape index (κ1) is 20.7. The van der Waals surface area contributed by atoms with Crippen molar-refractivity contribution >= 4 is 11.9 Å². The first-order valence-electron chi connectivity index (χ1n) is 8.99. The van der Waals surface area contributed by atoms with Crippen molar-refractivity contribution in [2.75, 3.05) is 60.0 Å². The summed E-state index contributed by atoms with van der Waals surface area (Å²) >= 11 is 0. The van der Waals surface area contributed by atoms with Crippen LogP contribution in [0.25, 0.3) is 0 Å². The van der Waals surface area contributed by atoms with Crippen LogP contribution in [0.2, 0.25) is 0 Å². The van der Waals surface area contributed by atoms with Gasteiger partial charge in [0.15, 0.2) is 5.96 Å². The van der Waals surface area contributed by atoms with Gasteiger partial charge in [-0.25, -0.2) is 0 Å². The lowest BCUT2D eigenvalue weighted by Crippen LogP contribution is -2.48. The van der Waals surface area contributed by atoms with Crippen LogP contribution in [0.5, 0.6) is 0 Å². The number of amides is 1. The molecule has 0 radical (unpaired) electrons. The fraction of sp³-hybridized carbons (Fsp3) is 0.882. The molecule has 1 rings (SSSR count). The van der Waals surface area contributed by atoms with Crippen molar-refractivity contribution in [2.45, 2.75) is 33.2 Å². The van der Waals surface area contributed by atoms with Gasteiger partial charge >= 0.3 is 0 Å². The third-order valence-electron chi connectivity index (χ3n) is 4.20. The van der Waals surface area contributed by atoms with Crippen LogP contribution in [0.1, 0.15) is 27.2 Å². The summed E-state index contributed by atoms with van der Waals surface area (Å²) in [4.78, 5) is 20.5. The Morgan fingerprint density at radius 2 is 1.92 bits per heavy atom. The lowest BCUT2D eigenvalue weighted by molar-refractivity contribution is -0.128. The summed E-state index contributed by atoms with van der Waals surface area (Å²) < 4.78 is 5.45. The van der Waals surface area contributed by atoms with E-state index in [1.165, 1.54) is 0 Å². The molecule has 7 heteroatoms. The third kappa shape index (κ3) is 7.49. The molecule has 1 aliphatic heterocycles. The number of hydrogen-bond donors (Lipinski definition) is 2. The second-order valence-corrected chi connectivity index (χ2v) is 6.64. The highest BCUT2D eigenvalue weighted by molar-refractivity contribution is 5.81. The van der Waals surface area contributed by atoms with E-state index < -0.39 is 0 Å². The summed E-state index contributed by atoms with van der Waals surface area (Å²) in [7, 11) is 3.55. The summed E-state index contributed by atoms with van der Waals surface area (Å²) in [5.41, 5.74) is 0. The van der Waals surface area contributed by atoms with Gasteiger partial charge in [-0.3, -0.25) is 14.7 Å². The zero-order valence-corrected chi connectivity index (χ0v) is 16.0. The largest absolute Gasteiger partial charge is 0.379 e.